The molecule has 0 fully saturated rings. The number of fused-ring (bicyclic) bond motifs is 1. The van der Waals surface area contributed by atoms with Crippen molar-refractivity contribution < 1.29 is 18.7 Å². The first-order chi connectivity index (χ1) is 10.6. The summed E-state index contributed by atoms with van der Waals surface area (Å²) in [6, 6.07) is 8.80. The van der Waals surface area contributed by atoms with Crippen LogP contribution in [0.4, 0.5) is 5.69 Å². The molecular weight excluding hydrogens is 284 g/mol. The summed E-state index contributed by atoms with van der Waals surface area (Å²) < 4.78 is 10.6. The Bertz CT molecular complexity index is 694. The Hall–Kier alpha value is -2.76. The lowest BCUT2D eigenvalue weighted by atomic mass is 10.1. The van der Waals surface area contributed by atoms with Crippen LogP contribution >= 0.6 is 0 Å². The maximum absolute atomic E-state index is 11.9. The van der Waals surface area contributed by atoms with Crippen LogP contribution in [0.5, 0.6) is 5.75 Å². The van der Waals surface area contributed by atoms with Crippen LogP contribution in [0, 0.1) is 0 Å². The van der Waals surface area contributed by atoms with Crippen LogP contribution in [0.25, 0.3) is 0 Å². The third-order valence-electron chi connectivity index (χ3n) is 3.53. The van der Waals surface area contributed by atoms with E-state index in [4.69, 9.17) is 9.15 Å². The highest BCUT2D eigenvalue weighted by atomic mass is 16.5. The maximum Gasteiger partial charge on any atom is 0.287 e. The number of nitrogens with one attached hydrogen (secondary N) is 1. The van der Waals surface area contributed by atoms with E-state index >= 15 is 0 Å². The normalized spacial score (nSPS) is 14.0. The number of carbonyl (C=O) groups excluding carboxylic acids is 2. The highest BCUT2D eigenvalue weighted by molar-refractivity contribution is 5.95. The predicted octanol–water partition coefficient (Wildman–Crippen LogP) is 1.95. The van der Waals surface area contributed by atoms with Gasteiger partial charge in [0.15, 0.2) is 5.76 Å². The quantitative estimate of drug-likeness (QED) is 0.940. The van der Waals surface area contributed by atoms with Crippen molar-refractivity contribution in [3.8, 4) is 5.75 Å². The van der Waals surface area contributed by atoms with Gasteiger partial charge >= 0.3 is 0 Å². The molecule has 2 heterocycles. The van der Waals surface area contributed by atoms with E-state index < -0.39 is 0 Å². The molecule has 1 aromatic heterocycles. The average molecular weight is 300 g/mol. The standard InChI is InChI=1S/C16H16N2O4/c1-18-12-9-11(4-5-13(12)22-8-6-15(18)19)10-17-16(20)14-3-2-7-21-14/h2-5,7,9H,6,8,10H2,1H3,(H,17,20). The van der Waals surface area contributed by atoms with Gasteiger partial charge in [-0.15, -0.1) is 0 Å². The van der Waals surface area contributed by atoms with Gasteiger partial charge in [-0.05, 0) is 29.8 Å². The van der Waals surface area contributed by atoms with Crippen molar-refractivity contribution in [1.82, 2.24) is 5.32 Å². The second kappa shape index (κ2) is 5.93. The molecular formula is C16H16N2O4. The molecule has 2 amide bonds. The second-order valence-corrected chi connectivity index (χ2v) is 5.01. The van der Waals surface area contributed by atoms with Gasteiger partial charge in [-0.1, -0.05) is 6.07 Å². The first-order valence-electron chi connectivity index (χ1n) is 6.99. The fourth-order valence-corrected chi connectivity index (χ4v) is 2.28. The third-order valence-corrected chi connectivity index (χ3v) is 3.53. The van der Waals surface area contributed by atoms with Gasteiger partial charge in [-0.2, -0.15) is 0 Å². The molecule has 2 aromatic rings. The van der Waals surface area contributed by atoms with Gasteiger partial charge in [0.05, 0.1) is 25.0 Å². The number of benzene rings is 1. The molecule has 1 N–H and O–H groups in total. The molecule has 114 valence electrons. The lowest BCUT2D eigenvalue weighted by molar-refractivity contribution is -0.118. The molecule has 0 unspecified atom stereocenters. The zero-order valence-electron chi connectivity index (χ0n) is 12.2. The lowest BCUT2D eigenvalue weighted by Crippen LogP contribution is -2.25. The van der Waals surface area contributed by atoms with Crippen molar-refractivity contribution in [2.45, 2.75) is 13.0 Å². The number of furan rings is 1. The number of hydrogen-bond donors (Lipinski definition) is 1. The van der Waals surface area contributed by atoms with E-state index in [-0.39, 0.29) is 17.6 Å². The minimum absolute atomic E-state index is 0.00974. The van der Waals surface area contributed by atoms with Gasteiger partial charge in [0.2, 0.25) is 5.91 Å². The zero-order chi connectivity index (χ0) is 15.5. The summed E-state index contributed by atoms with van der Waals surface area (Å²) >= 11 is 0. The number of rotatable bonds is 3. The molecule has 0 bridgehead atoms. The first kappa shape index (κ1) is 14.2. The molecule has 0 saturated heterocycles. The van der Waals surface area contributed by atoms with E-state index in [1.165, 1.54) is 6.26 Å². The van der Waals surface area contributed by atoms with Gasteiger partial charge in [0.1, 0.15) is 5.75 Å². The van der Waals surface area contributed by atoms with Gasteiger partial charge in [0, 0.05) is 13.6 Å². The first-order valence-corrected chi connectivity index (χ1v) is 6.99. The van der Waals surface area contributed by atoms with Crippen LogP contribution in [0.1, 0.15) is 22.5 Å². The Morgan fingerprint density at radius 2 is 2.23 bits per heavy atom. The van der Waals surface area contributed by atoms with Gasteiger partial charge in [0.25, 0.3) is 5.91 Å². The summed E-state index contributed by atoms with van der Waals surface area (Å²) in [6.45, 7) is 0.722. The van der Waals surface area contributed by atoms with Crippen molar-refractivity contribution in [2.75, 3.05) is 18.6 Å². The Labute approximate surface area is 127 Å². The number of anilines is 1. The molecule has 3 rings (SSSR count). The van der Waals surface area contributed by atoms with Crippen molar-refractivity contribution in [3.05, 3.63) is 47.9 Å². The van der Waals surface area contributed by atoms with Crippen LogP contribution in [0.3, 0.4) is 0 Å². The van der Waals surface area contributed by atoms with Crippen LogP contribution in [0.2, 0.25) is 0 Å². The second-order valence-electron chi connectivity index (χ2n) is 5.01. The minimum atomic E-state index is -0.277. The summed E-state index contributed by atoms with van der Waals surface area (Å²) in [4.78, 5) is 25.3. The topological polar surface area (TPSA) is 71.8 Å². The molecule has 0 spiro atoms. The van der Waals surface area contributed by atoms with E-state index in [2.05, 4.69) is 5.32 Å². The van der Waals surface area contributed by atoms with Crippen molar-refractivity contribution in [3.63, 3.8) is 0 Å². The number of amides is 2. The Morgan fingerprint density at radius 3 is 3.00 bits per heavy atom. The van der Waals surface area contributed by atoms with Gasteiger partial charge in [-0.25, -0.2) is 0 Å². The van der Waals surface area contributed by atoms with E-state index in [9.17, 15) is 9.59 Å². The van der Waals surface area contributed by atoms with Gasteiger partial charge < -0.3 is 19.4 Å². The summed E-state index contributed by atoms with van der Waals surface area (Å²) in [7, 11) is 1.72. The molecule has 6 nitrogen and oxygen atoms in total. The van der Waals surface area contributed by atoms with Gasteiger partial charge in [-0.3, -0.25) is 9.59 Å². The third kappa shape index (κ3) is 2.81. The predicted molar refractivity (Wildman–Crippen MR) is 79.8 cm³/mol. The molecule has 0 saturated carbocycles. The van der Waals surface area contributed by atoms with Crippen molar-refractivity contribution in [1.29, 1.82) is 0 Å². The van der Waals surface area contributed by atoms with Crippen molar-refractivity contribution in [2.24, 2.45) is 0 Å². The molecule has 0 aliphatic carbocycles. The number of ether oxygens (including phenoxy) is 1. The fourth-order valence-electron chi connectivity index (χ4n) is 2.28. The number of carbonyl (C=O) groups is 2. The summed E-state index contributed by atoms with van der Waals surface area (Å²) in [5.74, 6) is 0.677. The van der Waals surface area contributed by atoms with Crippen LogP contribution < -0.4 is 15.0 Å². The summed E-state index contributed by atoms with van der Waals surface area (Å²) in [6.07, 6.45) is 1.81. The van der Waals surface area contributed by atoms with Crippen LogP contribution in [-0.2, 0) is 11.3 Å². The largest absolute Gasteiger partial charge is 0.491 e. The minimum Gasteiger partial charge on any atom is -0.491 e. The molecule has 0 atom stereocenters. The maximum atomic E-state index is 11.9. The number of hydrogen-bond acceptors (Lipinski definition) is 4. The Kier molecular flexibility index (Phi) is 3.82. The van der Waals surface area contributed by atoms with Crippen LogP contribution in [-0.4, -0.2) is 25.5 Å². The molecule has 0 radical (unpaired) electrons. The highest BCUT2D eigenvalue weighted by Gasteiger charge is 2.20. The summed E-state index contributed by atoms with van der Waals surface area (Å²) in [5.41, 5.74) is 1.59. The van der Waals surface area contributed by atoms with Crippen LogP contribution in [0.15, 0.2) is 41.0 Å². The van der Waals surface area contributed by atoms with E-state index in [1.54, 1.807) is 24.1 Å². The average Bonchev–Trinajstić information content (AvgIpc) is 3.02. The fraction of sp³-hybridized carbons (Fsp3) is 0.250. The molecule has 1 aliphatic heterocycles. The Morgan fingerprint density at radius 1 is 1.36 bits per heavy atom. The number of nitrogens with zero attached hydrogens (tertiary/aromatic N) is 1. The van der Waals surface area contributed by atoms with Crippen molar-refractivity contribution >= 4 is 17.5 Å². The summed E-state index contributed by atoms with van der Waals surface area (Å²) in [5, 5.41) is 2.77. The SMILES string of the molecule is CN1C(=O)CCOc2ccc(CNC(=O)c3ccco3)cc21. The smallest absolute Gasteiger partial charge is 0.287 e. The monoisotopic (exact) mass is 300 g/mol. The zero-order valence-corrected chi connectivity index (χ0v) is 12.2. The Balaban J connectivity index is 1.74. The van der Waals surface area contributed by atoms with E-state index in [1.807, 2.05) is 18.2 Å². The molecule has 1 aliphatic rings. The molecule has 22 heavy (non-hydrogen) atoms. The molecule has 1 aromatic carbocycles. The molecule has 6 heteroatoms. The highest BCUT2D eigenvalue weighted by Crippen LogP contribution is 2.31. The lowest BCUT2D eigenvalue weighted by Gasteiger charge is -2.17. The van der Waals surface area contributed by atoms with E-state index in [0.29, 0.717) is 31.0 Å². The van der Waals surface area contributed by atoms with E-state index in [0.717, 1.165) is 5.56 Å².